The Morgan fingerprint density at radius 2 is 1.93 bits per heavy atom. The van der Waals surface area contributed by atoms with Crippen LogP contribution in [-0.4, -0.2) is 58.1 Å². The number of amides is 2. The van der Waals surface area contributed by atoms with Crippen molar-refractivity contribution in [3.8, 4) is 17.0 Å². The van der Waals surface area contributed by atoms with E-state index in [0.717, 1.165) is 22.6 Å². The van der Waals surface area contributed by atoms with E-state index >= 15 is 0 Å². The number of benzene rings is 1. The molecule has 156 valence electrons. The van der Waals surface area contributed by atoms with Gasteiger partial charge in [-0.15, -0.1) is 0 Å². The van der Waals surface area contributed by atoms with Crippen LogP contribution in [0.25, 0.3) is 11.3 Å². The monoisotopic (exact) mass is 411 g/mol. The molecule has 0 bridgehead atoms. The van der Waals surface area contributed by atoms with E-state index < -0.39 is 29.9 Å². The number of nitrogens with zero attached hydrogens (tertiary/aromatic N) is 2. The van der Waals surface area contributed by atoms with E-state index in [4.69, 9.17) is 9.84 Å². The number of rotatable bonds is 7. The number of carbonyl (C=O) groups is 3. The molecule has 0 saturated carbocycles. The van der Waals surface area contributed by atoms with Gasteiger partial charge in [-0.1, -0.05) is 6.07 Å². The van der Waals surface area contributed by atoms with Gasteiger partial charge < -0.3 is 25.2 Å². The van der Waals surface area contributed by atoms with Crippen LogP contribution in [0.1, 0.15) is 12.0 Å². The van der Waals surface area contributed by atoms with Crippen LogP contribution in [0, 0.1) is 0 Å². The Morgan fingerprint density at radius 1 is 1.20 bits per heavy atom. The van der Waals surface area contributed by atoms with Gasteiger partial charge in [-0.25, -0.2) is 0 Å². The number of carboxylic acid groups (broad SMARTS) is 1. The van der Waals surface area contributed by atoms with Crippen molar-refractivity contribution in [2.24, 2.45) is 0 Å². The molecule has 0 unspecified atom stereocenters. The maximum Gasteiger partial charge on any atom is 0.322 e. The topological polar surface area (TPSA) is 129 Å². The van der Waals surface area contributed by atoms with Gasteiger partial charge in [-0.3, -0.25) is 19.4 Å². The number of aliphatic hydroxyl groups is 1. The molecule has 1 aromatic carbocycles. The Hall–Kier alpha value is -3.88. The molecule has 0 radical (unpaired) electrons. The quantitative estimate of drug-likeness (QED) is 0.589. The summed E-state index contributed by atoms with van der Waals surface area (Å²) in [5, 5.41) is 20.7. The van der Waals surface area contributed by atoms with Gasteiger partial charge in [0.05, 0.1) is 12.8 Å². The van der Waals surface area contributed by atoms with E-state index in [0.29, 0.717) is 0 Å². The molecule has 3 rings (SSSR count). The Bertz CT molecular complexity index is 983. The molecular formula is C21H21N3O6. The van der Waals surface area contributed by atoms with Crippen LogP contribution in [0.4, 0.5) is 0 Å². The maximum atomic E-state index is 12.6. The van der Waals surface area contributed by atoms with E-state index in [1.165, 1.54) is 4.90 Å². The van der Waals surface area contributed by atoms with Crippen molar-refractivity contribution < 1.29 is 29.3 Å². The summed E-state index contributed by atoms with van der Waals surface area (Å²) in [5.41, 5.74) is 2.01. The predicted octanol–water partition coefficient (Wildman–Crippen LogP) is 1.50. The zero-order chi connectivity index (χ0) is 21.7. The Morgan fingerprint density at radius 3 is 2.53 bits per heavy atom. The molecule has 1 aromatic heterocycles. The average Bonchev–Trinajstić information content (AvgIpc) is 2.75. The summed E-state index contributed by atoms with van der Waals surface area (Å²) in [6, 6.07) is 11.1. The van der Waals surface area contributed by atoms with Crippen LogP contribution in [0.3, 0.4) is 0 Å². The first-order chi connectivity index (χ1) is 14.4. The lowest BCUT2D eigenvalue weighted by Crippen LogP contribution is -2.43. The summed E-state index contributed by atoms with van der Waals surface area (Å²) < 4.78 is 5.14. The lowest BCUT2D eigenvalue weighted by molar-refractivity contribution is -0.138. The Balaban J connectivity index is 1.69. The number of carboxylic acids is 1. The number of aromatic nitrogens is 1. The van der Waals surface area contributed by atoms with Crippen molar-refractivity contribution in [3.63, 3.8) is 0 Å². The number of carbonyl (C=O) groups excluding carboxylic acids is 2. The first-order valence-corrected chi connectivity index (χ1v) is 9.19. The molecule has 2 aromatic rings. The molecule has 0 fully saturated rings. The van der Waals surface area contributed by atoms with Crippen molar-refractivity contribution in [1.82, 2.24) is 15.2 Å². The standard InChI is InChI=1S/C21H21N3O6/c1-30-15-5-3-14(4-6-15)16-7-2-13(10-22-16)12-24-9-8-17(25)19(21(24)29)20(28)23-11-18(26)27/h2-7,10,25H,8-9,11-12H2,1H3,(H,23,28)(H,26,27). The van der Waals surface area contributed by atoms with Crippen molar-refractivity contribution in [2.45, 2.75) is 13.0 Å². The highest BCUT2D eigenvalue weighted by molar-refractivity contribution is 6.19. The predicted molar refractivity (Wildman–Crippen MR) is 107 cm³/mol. The molecule has 0 spiro atoms. The summed E-state index contributed by atoms with van der Waals surface area (Å²) in [5.74, 6) is -2.39. The lowest BCUT2D eigenvalue weighted by atomic mass is 10.0. The van der Waals surface area contributed by atoms with E-state index in [2.05, 4.69) is 10.3 Å². The number of aliphatic carboxylic acids is 1. The number of aliphatic hydroxyl groups excluding tert-OH is 1. The molecule has 3 N–H and O–H groups in total. The number of pyridine rings is 1. The van der Waals surface area contributed by atoms with Crippen LogP contribution in [0.2, 0.25) is 0 Å². The molecular weight excluding hydrogens is 390 g/mol. The molecule has 0 saturated heterocycles. The highest BCUT2D eigenvalue weighted by Gasteiger charge is 2.32. The summed E-state index contributed by atoms with van der Waals surface area (Å²) in [6.45, 7) is -0.196. The number of ether oxygens (including phenoxy) is 1. The fourth-order valence-electron chi connectivity index (χ4n) is 3.04. The molecule has 9 nitrogen and oxygen atoms in total. The first-order valence-electron chi connectivity index (χ1n) is 9.19. The maximum absolute atomic E-state index is 12.6. The fourth-order valence-corrected chi connectivity index (χ4v) is 3.04. The zero-order valence-corrected chi connectivity index (χ0v) is 16.3. The normalized spacial score (nSPS) is 13.9. The second-order valence-corrected chi connectivity index (χ2v) is 6.66. The summed E-state index contributed by atoms with van der Waals surface area (Å²) in [4.78, 5) is 41.2. The molecule has 2 amide bonds. The molecule has 1 aliphatic rings. The van der Waals surface area contributed by atoms with Crippen molar-refractivity contribution >= 4 is 17.8 Å². The van der Waals surface area contributed by atoms with Crippen LogP contribution in [0.15, 0.2) is 53.9 Å². The molecule has 0 aliphatic carbocycles. The first kappa shape index (κ1) is 20.8. The number of hydrogen-bond donors (Lipinski definition) is 3. The zero-order valence-electron chi connectivity index (χ0n) is 16.3. The highest BCUT2D eigenvalue weighted by atomic mass is 16.5. The summed E-state index contributed by atoms with van der Waals surface area (Å²) in [7, 11) is 1.60. The van der Waals surface area contributed by atoms with Gasteiger partial charge in [-0.2, -0.15) is 0 Å². The van der Waals surface area contributed by atoms with Gasteiger partial charge in [-0.05, 0) is 35.9 Å². The van der Waals surface area contributed by atoms with Gasteiger partial charge >= 0.3 is 5.97 Å². The average molecular weight is 411 g/mol. The Labute approximate surface area is 172 Å². The van der Waals surface area contributed by atoms with Crippen LogP contribution < -0.4 is 10.1 Å². The van der Waals surface area contributed by atoms with Crippen LogP contribution in [0.5, 0.6) is 5.75 Å². The van der Waals surface area contributed by atoms with Crippen molar-refractivity contribution in [3.05, 3.63) is 59.5 Å². The van der Waals surface area contributed by atoms with Gasteiger partial charge in [0.15, 0.2) is 0 Å². The van der Waals surface area contributed by atoms with Crippen molar-refractivity contribution in [2.75, 3.05) is 20.2 Å². The minimum absolute atomic E-state index is 0.110. The molecule has 30 heavy (non-hydrogen) atoms. The second kappa shape index (κ2) is 9.08. The highest BCUT2D eigenvalue weighted by Crippen LogP contribution is 2.23. The minimum atomic E-state index is -1.24. The van der Waals surface area contributed by atoms with Gasteiger partial charge in [0, 0.05) is 31.3 Å². The van der Waals surface area contributed by atoms with Crippen LogP contribution in [-0.2, 0) is 20.9 Å². The molecule has 9 heteroatoms. The summed E-state index contributed by atoms with van der Waals surface area (Å²) in [6.07, 6.45) is 1.76. The lowest BCUT2D eigenvalue weighted by Gasteiger charge is -2.28. The number of nitrogens with one attached hydrogen (secondary N) is 1. The number of hydrogen-bond acceptors (Lipinski definition) is 6. The van der Waals surface area contributed by atoms with Crippen molar-refractivity contribution in [1.29, 1.82) is 0 Å². The van der Waals surface area contributed by atoms with E-state index in [-0.39, 0.29) is 25.3 Å². The second-order valence-electron chi connectivity index (χ2n) is 6.66. The smallest absolute Gasteiger partial charge is 0.322 e. The molecule has 1 aliphatic heterocycles. The van der Waals surface area contributed by atoms with E-state index in [9.17, 15) is 19.5 Å². The third kappa shape index (κ3) is 4.75. The van der Waals surface area contributed by atoms with E-state index in [1.807, 2.05) is 36.4 Å². The minimum Gasteiger partial charge on any atom is -0.511 e. The van der Waals surface area contributed by atoms with E-state index in [1.54, 1.807) is 13.3 Å². The third-order valence-corrected chi connectivity index (χ3v) is 4.62. The SMILES string of the molecule is COc1ccc(-c2ccc(CN3CCC(O)=C(C(=O)NCC(=O)O)C3=O)cn2)cc1. The van der Waals surface area contributed by atoms with Gasteiger partial charge in [0.2, 0.25) is 0 Å². The largest absolute Gasteiger partial charge is 0.511 e. The molecule has 2 heterocycles. The third-order valence-electron chi connectivity index (χ3n) is 4.62. The number of methoxy groups -OCH3 is 1. The molecule has 0 atom stereocenters. The summed E-state index contributed by atoms with van der Waals surface area (Å²) >= 11 is 0. The van der Waals surface area contributed by atoms with Crippen LogP contribution >= 0.6 is 0 Å². The van der Waals surface area contributed by atoms with Gasteiger partial charge in [0.25, 0.3) is 11.8 Å². The fraction of sp³-hybridized carbons (Fsp3) is 0.238. The Kier molecular flexibility index (Phi) is 6.31. The van der Waals surface area contributed by atoms with Gasteiger partial charge in [0.1, 0.15) is 23.6 Å².